The molecule has 0 radical (unpaired) electrons. The van der Waals surface area contributed by atoms with Gasteiger partial charge in [0.25, 0.3) is 0 Å². The fourth-order valence-corrected chi connectivity index (χ4v) is 3.00. The van der Waals surface area contributed by atoms with Gasteiger partial charge in [0.1, 0.15) is 0 Å². The Labute approximate surface area is 104 Å². The summed E-state index contributed by atoms with van der Waals surface area (Å²) in [5.74, 6) is 2.65. The molecule has 1 amide bonds. The van der Waals surface area contributed by atoms with E-state index in [1.807, 2.05) is 11.8 Å². The van der Waals surface area contributed by atoms with Crippen LogP contribution in [0.3, 0.4) is 0 Å². The summed E-state index contributed by atoms with van der Waals surface area (Å²) >= 11 is 0. The van der Waals surface area contributed by atoms with Gasteiger partial charge in [-0.25, -0.2) is 0 Å². The Morgan fingerprint density at radius 1 is 1.53 bits per heavy atom. The van der Waals surface area contributed by atoms with Gasteiger partial charge in [-0.3, -0.25) is 4.79 Å². The van der Waals surface area contributed by atoms with E-state index in [2.05, 4.69) is 18.7 Å². The first kappa shape index (κ1) is 12.4. The molecule has 3 atom stereocenters. The SMILES string of the molecule is C=CN(CC1CC1C1CC=CCC1)C(=O)CC. The van der Waals surface area contributed by atoms with Gasteiger partial charge in [0.05, 0.1) is 0 Å². The summed E-state index contributed by atoms with van der Waals surface area (Å²) in [7, 11) is 0. The fraction of sp³-hybridized carbons (Fsp3) is 0.667. The second-order valence-corrected chi connectivity index (χ2v) is 5.29. The third-order valence-corrected chi connectivity index (χ3v) is 4.17. The molecular formula is C15H23NO. The fourth-order valence-electron chi connectivity index (χ4n) is 3.00. The van der Waals surface area contributed by atoms with Crippen LogP contribution in [0.1, 0.15) is 39.0 Å². The van der Waals surface area contributed by atoms with Crippen LogP contribution in [0, 0.1) is 17.8 Å². The molecule has 2 aliphatic rings. The molecule has 0 aliphatic heterocycles. The maximum Gasteiger partial charge on any atom is 0.226 e. The summed E-state index contributed by atoms with van der Waals surface area (Å²) in [5, 5.41) is 0. The zero-order valence-corrected chi connectivity index (χ0v) is 10.8. The topological polar surface area (TPSA) is 20.3 Å². The Balaban J connectivity index is 1.80. The Hall–Kier alpha value is -1.05. The molecule has 0 spiro atoms. The molecule has 17 heavy (non-hydrogen) atoms. The van der Waals surface area contributed by atoms with Crippen LogP contribution < -0.4 is 0 Å². The summed E-state index contributed by atoms with van der Waals surface area (Å²) < 4.78 is 0. The van der Waals surface area contributed by atoms with E-state index in [0.717, 1.165) is 24.3 Å². The molecule has 94 valence electrons. The lowest BCUT2D eigenvalue weighted by Crippen LogP contribution is -2.27. The van der Waals surface area contributed by atoms with E-state index >= 15 is 0 Å². The van der Waals surface area contributed by atoms with E-state index in [9.17, 15) is 4.79 Å². The van der Waals surface area contributed by atoms with Crippen LogP contribution in [-0.2, 0) is 4.79 Å². The highest BCUT2D eigenvalue weighted by atomic mass is 16.2. The molecule has 2 rings (SSSR count). The van der Waals surface area contributed by atoms with Crippen molar-refractivity contribution in [3.63, 3.8) is 0 Å². The molecule has 2 heteroatoms. The number of amides is 1. The van der Waals surface area contributed by atoms with E-state index in [1.165, 1.54) is 25.7 Å². The zero-order valence-electron chi connectivity index (χ0n) is 10.8. The first-order valence-electron chi connectivity index (χ1n) is 6.83. The van der Waals surface area contributed by atoms with Crippen molar-refractivity contribution >= 4 is 5.91 Å². The summed E-state index contributed by atoms with van der Waals surface area (Å²) in [6.07, 6.45) is 12.0. The van der Waals surface area contributed by atoms with Crippen molar-refractivity contribution in [1.29, 1.82) is 0 Å². The third kappa shape index (κ3) is 2.99. The standard InChI is InChI=1S/C15H23NO/c1-3-15(17)16(4-2)11-13-10-14(13)12-8-6-5-7-9-12/h4-6,12-14H,2-3,7-11H2,1H3. The Morgan fingerprint density at radius 3 is 2.94 bits per heavy atom. The van der Waals surface area contributed by atoms with Crippen molar-refractivity contribution in [2.24, 2.45) is 17.8 Å². The Kier molecular flexibility index (Phi) is 4.03. The number of carbonyl (C=O) groups is 1. The van der Waals surface area contributed by atoms with Crippen LogP contribution in [0.25, 0.3) is 0 Å². The van der Waals surface area contributed by atoms with Crippen LogP contribution in [0.2, 0.25) is 0 Å². The van der Waals surface area contributed by atoms with Gasteiger partial charge >= 0.3 is 0 Å². The molecule has 0 saturated heterocycles. The highest BCUT2D eigenvalue weighted by Crippen LogP contribution is 2.48. The predicted molar refractivity (Wildman–Crippen MR) is 70.3 cm³/mol. The van der Waals surface area contributed by atoms with Crippen LogP contribution in [0.4, 0.5) is 0 Å². The van der Waals surface area contributed by atoms with Gasteiger partial charge in [-0.2, -0.15) is 0 Å². The Bertz CT molecular complexity index is 321. The van der Waals surface area contributed by atoms with Crippen LogP contribution in [-0.4, -0.2) is 17.4 Å². The molecule has 0 aromatic carbocycles. The molecule has 0 aromatic heterocycles. The van der Waals surface area contributed by atoms with Gasteiger partial charge in [0, 0.05) is 13.0 Å². The predicted octanol–water partition coefficient (Wildman–Crippen LogP) is 3.36. The quantitative estimate of drug-likeness (QED) is 0.667. The summed E-state index contributed by atoms with van der Waals surface area (Å²) in [5.41, 5.74) is 0. The minimum Gasteiger partial charge on any atom is -0.319 e. The van der Waals surface area contributed by atoms with Gasteiger partial charge in [-0.1, -0.05) is 25.7 Å². The monoisotopic (exact) mass is 233 g/mol. The normalized spacial score (nSPS) is 31.0. The first-order chi connectivity index (χ1) is 8.26. The van der Waals surface area contributed by atoms with Crippen molar-refractivity contribution in [1.82, 2.24) is 4.90 Å². The van der Waals surface area contributed by atoms with Crippen molar-refractivity contribution < 1.29 is 4.79 Å². The largest absolute Gasteiger partial charge is 0.319 e. The smallest absolute Gasteiger partial charge is 0.226 e. The van der Waals surface area contributed by atoms with Crippen molar-refractivity contribution in [2.75, 3.05) is 6.54 Å². The van der Waals surface area contributed by atoms with E-state index in [1.54, 1.807) is 6.20 Å². The number of allylic oxidation sites excluding steroid dienone is 2. The highest BCUT2D eigenvalue weighted by molar-refractivity contribution is 5.76. The van der Waals surface area contributed by atoms with Gasteiger partial charge in [0.15, 0.2) is 0 Å². The van der Waals surface area contributed by atoms with Gasteiger partial charge in [-0.05, 0) is 49.6 Å². The molecule has 0 heterocycles. The highest BCUT2D eigenvalue weighted by Gasteiger charge is 2.43. The molecule has 2 nitrogen and oxygen atoms in total. The molecule has 2 aliphatic carbocycles. The van der Waals surface area contributed by atoms with Crippen LogP contribution in [0.15, 0.2) is 24.9 Å². The van der Waals surface area contributed by atoms with Crippen molar-refractivity contribution in [3.8, 4) is 0 Å². The average Bonchev–Trinajstić information content (AvgIpc) is 3.15. The van der Waals surface area contributed by atoms with Gasteiger partial charge in [0.2, 0.25) is 5.91 Å². The molecule has 1 fully saturated rings. The van der Waals surface area contributed by atoms with Crippen LogP contribution >= 0.6 is 0 Å². The van der Waals surface area contributed by atoms with E-state index in [-0.39, 0.29) is 5.91 Å². The molecule has 0 aromatic rings. The van der Waals surface area contributed by atoms with Gasteiger partial charge < -0.3 is 4.90 Å². The molecule has 3 unspecified atom stereocenters. The number of hydrogen-bond acceptors (Lipinski definition) is 1. The lowest BCUT2D eigenvalue weighted by Gasteiger charge is -2.20. The minimum atomic E-state index is 0.203. The molecule has 1 saturated carbocycles. The van der Waals surface area contributed by atoms with Crippen molar-refractivity contribution in [3.05, 3.63) is 24.9 Å². The van der Waals surface area contributed by atoms with E-state index in [0.29, 0.717) is 6.42 Å². The number of rotatable bonds is 5. The number of nitrogens with zero attached hydrogens (tertiary/aromatic N) is 1. The second-order valence-electron chi connectivity index (χ2n) is 5.29. The molecular weight excluding hydrogens is 210 g/mol. The maximum atomic E-state index is 11.6. The van der Waals surface area contributed by atoms with E-state index in [4.69, 9.17) is 0 Å². The third-order valence-electron chi connectivity index (χ3n) is 4.17. The van der Waals surface area contributed by atoms with Gasteiger partial charge in [-0.15, -0.1) is 0 Å². The van der Waals surface area contributed by atoms with E-state index < -0.39 is 0 Å². The van der Waals surface area contributed by atoms with Crippen molar-refractivity contribution in [2.45, 2.75) is 39.0 Å². The number of carbonyl (C=O) groups excluding carboxylic acids is 1. The second kappa shape index (κ2) is 5.52. The minimum absolute atomic E-state index is 0.203. The average molecular weight is 233 g/mol. The maximum absolute atomic E-state index is 11.6. The molecule has 0 bridgehead atoms. The Morgan fingerprint density at radius 2 is 2.35 bits per heavy atom. The molecule has 0 N–H and O–H groups in total. The summed E-state index contributed by atoms with van der Waals surface area (Å²) in [4.78, 5) is 13.4. The first-order valence-corrected chi connectivity index (χ1v) is 6.83. The summed E-state index contributed by atoms with van der Waals surface area (Å²) in [6.45, 7) is 6.54. The summed E-state index contributed by atoms with van der Waals surface area (Å²) in [6, 6.07) is 0. The zero-order chi connectivity index (χ0) is 12.3. The lowest BCUT2D eigenvalue weighted by atomic mass is 9.89. The lowest BCUT2D eigenvalue weighted by molar-refractivity contribution is -0.128. The number of hydrogen-bond donors (Lipinski definition) is 0. The van der Waals surface area contributed by atoms with Crippen LogP contribution in [0.5, 0.6) is 0 Å².